The molecule has 0 aliphatic carbocycles. The van der Waals surface area contributed by atoms with Crippen LogP contribution in [0.25, 0.3) is 10.2 Å². The monoisotopic (exact) mass is 510 g/mol. The summed E-state index contributed by atoms with van der Waals surface area (Å²) < 4.78 is 27.5. The number of likely N-dealkylation sites (N-methyl/N-ethyl adjacent to an activating group) is 1. The molecule has 2 aromatic heterocycles. The third kappa shape index (κ3) is 5.07. The fourth-order valence-corrected chi connectivity index (χ4v) is 4.98. The number of aromatic nitrogens is 2. The lowest BCUT2D eigenvalue weighted by Crippen LogP contribution is -2.44. The van der Waals surface area contributed by atoms with E-state index in [-0.39, 0.29) is 18.0 Å². The maximum absolute atomic E-state index is 13.8. The summed E-state index contributed by atoms with van der Waals surface area (Å²) in [6.45, 7) is 3.81. The van der Waals surface area contributed by atoms with Crippen molar-refractivity contribution in [2.45, 2.75) is 6.54 Å². The average molecular weight is 511 g/mol. The molecule has 1 aliphatic rings. The molecule has 0 radical (unpaired) electrons. The molecule has 0 saturated carbocycles. The van der Waals surface area contributed by atoms with Gasteiger partial charge in [0.15, 0.2) is 5.82 Å². The van der Waals surface area contributed by atoms with Gasteiger partial charge >= 0.3 is 0 Å². The quantitative estimate of drug-likeness (QED) is 0.367. The normalized spacial score (nSPS) is 14.2. The Labute approximate surface area is 209 Å². The average Bonchev–Trinajstić information content (AvgIpc) is 3.46. The second kappa shape index (κ2) is 10.0. The highest BCUT2D eigenvalue weighted by Gasteiger charge is 2.19. The molecule has 4 aromatic rings. The van der Waals surface area contributed by atoms with Crippen LogP contribution in [0.15, 0.2) is 48.5 Å². The van der Waals surface area contributed by atoms with Crippen molar-refractivity contribution >= 4 is 44.9 Å². The molecule has 3 N–H and O–H groups in total. The van der Waals surface area contributed by atoms with Crippen LogP contribution in [0.4, 0.5) is 20.3 Å². The number of halogens is 2. The number of hydrogen-bond acceptors (Lipinski definition) is 6. The minimum Gasteiger partial charge on any atom is -0.369 e. The number of benzene rings is 2. The number of amides is 2. The fraction of sp³-hybridized carbons (Fsp3) is 0.240. The minimum absolute atomic E-state index is 0.0806. The lowest BCUT2D eigenvalue weighted by molar-refractivity contribution is 0.0954. The number of thiophene rings is 1. The van der Waals surface area contributed by atoms with E-state index in [4.69, 9.17) is 0 Å². The van der Waals surface area contributed by atoms with Gasteiger partial charge in [0.05, 0.1) is 15.1 Å². The van der Waals surface area contributed by atoms with Crippen LogP contribution in [0.3, 0.4) is 0 Å². The van der Waals surface area contributed by atoms with Crippen LogP contribution in [0, 0.1) is 11.6 Å². The highest BCUT2D eigenvalue weighted by molar-refractivity contribution is 7.21. The Bertz CT molecular complexity index is 1410. The summed E-state index contributed by atoms with van der Waals surface area (Å²) in [6.07, 6.45) is 0. The Morgan fingerprint density at radius 3 is 2.50 bits per heavy atom. The van der Waals surface area contributed by atoms with Crippen molar-refractivity contribution in [2.75, 3.05) is 43.4 Å². The fourth-order valence-electron chi connectivity index (χ4n) is 4.01. The summed E-state index contributed by atoms with van der Waals surface area (Å²) in [5.74, 6) is -1.79. The van der Waals surface area contributed by atoms with E-state index in [2.05, 4.69) is 37.7 Å². The molecule has 0 unspecified atom stereocenters. The van der Waals surface area contributed by atoms with Gasteiger partial charge < -0.3 is 20.4 Å². The van der Waals surface area contributed by atoms with Gasteiger partial charge in [-0.25, -0.2) is 8.78 Å². The zero-order chi connectivity index (χ0) is 25.2. The van der Waals surface area contributed by atoms with Gasteiger partial charge in [-0.15, -0.1) is 11.3 Å². The van der Waals surface area contributed by atoms with Crippen LogP contribution in [-0.4, -0.2) is 60.1 Å². The number of carbonyl (C=O) groups is 2. The van der Waals surface area contributed by atoms with Gasteiger partial charge in [-0.2, -0.15) is 5.10 Å². The molecular weight excluding hydrogens is 486 g/mol. The molecule has 0 spiro atoms. The number of piperazine rings is 1. The first-order valence-electron chi connectivity index (χ1n) is 11.4. The van der Waals surface area contributed by atoms with Crippen LogP contribution in [0.1, 0.15) is 25.6 Å². The third-order valence-electron chi connectivity index (χ3n) is 6.14. The summed E-state index contributed by atoms with van der Waals surface area (Å²) >= 11 is 1.15. The predicted molar refractivity (Wildman–Crippen MR) is 136 cm³/mol. The third-order valence-corrected chi connectivity index (χ3v) is 7.28. The second-order valence-electron chi connectivity index (χ2n) is 8.64. The predicted octanol–water partition coefficient (Wildman–Crippen LogP) is 3.84. The molecule has 186 valence electrons. The first-order chi connectivity index (χ1) is 17.4. The molecule has 0 bridgehead atoms. The first kappa shape index (κ1) is 23.9. The smallest absolute Gasteiger partial charge is 0.261 e. The summed E-state index contributed by atoms with van der Waals surface area (Å²) in [5.41, 5.74) is 2.36. The van der Waals surface area contributed by atoms with Gasteiger partial charge in [0.1, 0.15) is 11.6 Å². The van der Waals surface area contributed by atoms with Gasteiger partial charge in [0.25, 0.3) is 11.8 Å². The maximum atomic E-state index is 13.8. The maximum Gasteiger partial charge on any atom is 0.261 e. The molecule has 2 aromatic carbocycles. The Hall–Kier alpha value is -3.83. The second-order valence-corrected chi connectivity index (χ2v) is 9.69. The van der Waals surface area contributed by atoms with Crippen molar-refractivity contribution in [1.29, 1.82) is 0 Å². The van der Waals surface area contributed by atoms with Crippen molar-refractivity contribution in [3.05, 3.63) is 76.2 Å². The van der Waals surface area contributed by atoms with Crippen molar-refractivity contribution < 1.29 is 18.4 Å². The molecule has 0 atom stereocenters. The lowest BCUT2D eigenvalue weighted by atomic mass is 10.1. The Morgan fingerprint density at radius 2 is 1.78 bits per heavy atom. The molecule has 1 saturated heterocycles. The van der Waals surface area contributed by atoms with Crippen molar-refractivity contribution in [3.63, 3.8) is 0 Å². The number of anilines is 2. The molecule has 3 heterocycles. The summed E-state index contributed by atoms with van der Waals surface area (Å²) in [7, 11) is 2.11. The van der Waals surface area contributed by atoms with Gasteiger partial charge in [0, 0.05) is 55.6 Å². The molecule has 1 aliphatic heterocycles. The number of nitrogens with zero attached hydrogens (tertiary/aromatic N) is 3. The van der Waals surface area contributed by atoms with Crippen LogP contribution < -0.4 is 15.5 Å². The molecule has 1 fully saturated rings. The van der Waals surface area contributed by atoms with Crippen molar-refractivity contribution in [1.82, 2.24) is 20.4 Å². The summed E-state index contributed by atoms with van der Waals surface area (Å²) in [4.78, 5) is 30.3. The topological polar surface area (TPSA) is 93.4 Å². The highest BCUT2D eigenvalue weighted by atomic mass is 32.1. The SMILES string of the molecule is CN1CCN(c2ccc(C(=O)Nc3n[nH]c4cc(C(=O)NCc5ccc(F)cc5F)sc34)cc2)CC1. The van der Waals surface area contributed by atoms with Crippen LogP contribution in [0.2, 0.25) is 0 Å². The molecule has 36 heavy (non-hydrogen) atoms. The van der Waals surface area contributed by atoms with Crippen LogP contribution in [0.5, 0.6) is 0 Å². The molecule has 11 heteroatoms. The van der Waals surface area contributed by atoms with Crippen LogP contribution in [-0.2, 0) is 6.54 Å². The minimum atomic E-state index is -0.723. The highest BCUT2D eigenvalue weighted by Crippen LogP contribution is 2.30. The van der Waals surface area contributed by atoms with Gasteiger partial charge in [-0.1, -0.05) is 6.07 Å². The number of hydrogen-bond donors (Lipinski definition) is 3. The zero-order valence-corrected chi connectivity index (χ0v) is 20.3. The largest absolute Gasteiger partial charge is 0.369 e. The van der Waals surface area contributed by atoms with E-state index in [9.17, 15) is 18.4 Å². The van der Waals surface area contributed by atoms with E-state index >= 15 is 0 Å². The van der Waals surface area contributed by atoms with E-state index in [1.807, 2.05) is 12.1 Å². The number of fused-ring (bicyclic) bond motifs is 1. The van der Waals surface area contributed by atoms with Crippen molar-refractivity contribution in [3.8, 4) is 0 Å². The lowest BCUT2D eigenvalue weighted by Gasteiger charge is -2.34. The first-order valence-corrected chi connectivity index (χ1v) is 12.2. The standard InChI is InChI=1S/C25H24F2N6O2S/c1-32-8-10-33(11-9-32)18-6-3-15(4-7-18)24(34)29-23-22-20(30-31-23)13-21(36-22)25(35)28-14-16-2-5-17(26)12-19(16)27/h2-7,12-13H,8-11,14H2,1H3,(H,28,35)(H2,29,30,31,34). The Kier molecular flexibility index (Phi) is 6.66. The van der Waals surface area contributed by atoms with E-state index in [1.165, 1.54) is 6.07 Å². The number of aromatic amines is 1. The number of nitrogens with one attached hydrogen (secondary N) is 3. The van der Waals surface area contributed by atoms with Crippen molar-refractivity contribution in [2.24, 2.45) is 0 Å². The van der Waals surface area contributed by atoms with E-state index < -0.39 is 17.5 Å². The Morgan fingerprint density at radius 1 is 1.03 bits per heavy atom. The molecule has 2 amide bonds. The molecule has 5 rings (SSSR count). The number of carbonyl (C=O) groups excluding carboxylic acids is 2. The van der Waals surface area contributed by atoms with Crippen LogP contribution >= 0.6 is 11.3 Å². The Balaban J connectivity index is 1.23. The van der Waals surface area contributed by atoms with E-state index in [0.717, 1.165) is 55.3 Å². The summed E-state index contributed by atoms with van der Waals surface area (Å²) in [6, 6.07) is 12.3. The molecular formula is C25H24F2N6O2S. The molecule has 8 nitrogen and oxygen atoms in total. The summed E-state index contributed by atoms with van der Waals surface area (Å²) in [5, 5.41) is 12.4. The van der Waals surface area contributed by atoms with Gasteiger partial charge in [0.2, 0.25) is 0 Å². The zero-order valence-electron chi connectivity index (χ0n) is 19.5. The number of H-pyrrole nitrogens is 1. The number of rotatable bonds is 6. The van der Waals surface area contributed by atoms with Gasteiger partial charge in [-0.05, 0) is 43.4 Å². The van der Waals surface area contributed by atoms with E-state index in [1.54, 1.807) is 18.2 Å². The van der Waals surface area contributed by atoms with E-state index in [0.29, 0.717) is 26.5 Å². The van der Waals surface area contributed by atoms with Gasteiger partial charge in [-0.3, -0.25) is 14.7 Å².